The smallest absolute Gasteiger partial charge is 0.239 e. The van der Waals surface area contributed by atoms with Gasteiger partial charge in [0.2, 0.25) is 5.91 Å². The maximum absolute atomic E-state index is 13.2. The zero-order chi connectivity index (χ0) is 20.8. The molecule has 0 saturated carbocycles. The third-order valence-corrected chi connectivity index (χ3v) is 6.84. The molecule has 0 unspecified atom stereocenters. The molecule has 3 nitrogen and oxygen atoms in total. The second kappa shape index (κ2) is 10.1. The van der Waals surface area contributed by atoms with Gasteiger partial charge in [0.15, 0.2) is 5.13 Å². The number of carbonyl (C=O) groups is 1. The fourth-order valence-electron chi connectivity index (χ4n) is 2.91. The van der Waals surface area contributed by atoms with Crippen LogP contribution in [0.1, 0.15) is 5.56 Å². The van der Waals surface area contributed by atoms with E-state index in [9.17, 15) is 4.79 Å². The fraction of sp³-hybridized carbons (Fsp3) is 0.0833. The molecule has 0 aliphatic carbocycles. The van der Waals surface area contributed by atoms with Crippen LogP contribution in [0.15, 0.2) is 99.7 Å². The Labute approximate surface area is 192 Å². The predicted octanol–water partition coefficient (Wildman–Crippen LogP) is 6.90. The minimum absolute atomic E-state index is 0.0458. The van der Waals surface area contributed by atoms with Gasteiger partial charge in [0.05, 0.1) is 18.0 Å². The molecule has 0 fully saturated rings. The molecule has 150 valence electrons. The SMILES string of the molecule is O=C(CSc1ccccc1)N(Cc1ccccc1)c1nc(-c2ccc(Br)cc2)cs1. The van der Waals surface area contributed by atoms with Crippen molar-refractivity contribution in [1.29, 1.82) is 0 Å². The van der Waals surface area contributed by atoms with Crippen molar-refractivity contribution < 1.29 is 4.79 Å². The van der Waals surface area contributed by atoms with E-state index in [1.165, 1.54) is 11.3 Å². The van der Waals surface area contributed by atoms with E-state index in [1.807, 2.05) is 90.3 Å². The summed E-state index contributed by atoms with van der Waals surface area (Å²) in [5.41, 5.74) is 2.99. The number of anilines is 1. The van der Waals surface area contributed by atoms with Crippen LogP contribution in [0.5, 0.6) is 0 Å². The molecule has 0 atom stereocenters. The average Bonchev–Trinajstić information content (AvgIpc) is 3.27. The number of halogens is 1. The van der Waals surface area contributed by atoms with Gasteiger partial charge >= 0.3 is 0 Å². The quantitative estimate of drug-likeness (QED) is 0.262. The number of aromatic nitrogens is 1. The first-order valence-corrected chi connectivity index (χ1v) is 12.1. The van der Waals surface area contributed by atoms with Crippen LogP contribution in [-0.4, -0.2) is 16.6 Å². The van der Waals surface area contributed by atoms with Crippen molar-refractivity contribution >= 4 is 50.1 Å². The fourth-order valence-corrected chi connectivity index (χ4v) is 4.82. The minimum atomic E-state index is 0.0458. The first-order chi connectivity index (χ1) is 14.7. The van der Waals surface area contributed by atoms with Crippen LogP contribution < -0.4 is 4.90 Å². The van der Waals surface area contributed by atoms with Gasteiger partial charge in [-0.2, -0.15) is 0 Å². The topological polar surface area (TPSA) is 33.2 Å². The zero-order valence-electron chi connectivity index (χ0n) is 16.1. The van der Waals surface area contributed by atoms with Crippen LogP contribution in [0.4, 0.5) is 5.13 Å². The van der Waals surface area contributed by atoms with Crippen LogP contribution in [0.3, 0.4) is 0 Å². The third-order valence-electron chi connectivity index (χ3n) is 4.45. The Balaban J connectivity index is 1.57. The second-order valence-electron chi connectivity index (χ2n) is 6.59. The lowest BCUT2D eigenvalue weighted by molar-refractivity contribution is -0.116. The van der Waals surface area contributed by atoms with Gasteiger partial charge < -0.3 is 0 Å². The Morgan fingerprint density at radius 1 is 0.933 bits per heavy atom. The summed E-state index contributed by atoms with van der Waals surface area (Å²) >= 11 is 6.51. The van der Waals surface area contributed by atoms with Crippen LogP contribution >= 0.6 is 39.0 Å². The molecule has 4 rings (SSSR count). The molecule has 0 radical (unpaired) electrons. The second-order valence-corrected chi connectivity index (χ2v) is 9.39. The summed E-state index contributed by atoms with van der Waals surface area (Å²) in [5.74, 6) is 0.411. The molecule has 3 aromatic carbocycles. The Morgan fingerprint density at radius 2 is 1.60 bits per heavy atom. The van der Waals surface area contributed by atoms with E-state index >= 15 is 0 Å². The van der Waals surface area contributed by atoms with Gasteiger partial charge in [-0.05, 0) is 29.8 Å². The molecule has 0 spiro atoms. The Morgan fingerprint density at radius 3 is 2.30 bits per heavy atom. The molecule has 6 heteroatoms. The predicted molar refractivity (Wildman–Crippen MR) is 130 cm³/mol. The third kappa shape index (κ3) is 5.39. The van der Waals surface area contributed by atoms with E-state index < -0.39 is 0 Å². The normalized spacial score (nSPS) is 10.7. The summed E-state index contributed by atoms with van der Waals surface area (Å²) in [6.45, 7) is 0.502. The summed E-state index contributed by atoms with van der Waals surface area (Å²) in [4.78, 5) is 20.8. The molecule has 0 bridgehead atoms. The monoisotopic (exact) mass is 494 g/mol. The van der Waals surface area contributed by atoms with E-state index in [1.54, 1.807) is 16.7 Å². The van der Waals surface area contributed by atoms with Crippen molar-refractivity contribution in [3.05, 3.63) is 100 Å². The van der Waals surface area contributed by atoms with Crippen LogP contribution in [-0.2, 0) is 11.3 Å². The van der Waals surface area contributed by atoms with Crippen molar-refractivity contribution in [2.24, 2.45) is 0 Å². The minimum Gasteiger partial charge on any atom is -0.283 e. The number of rotatable bonds is 7. The van der Waals surface area contributed by atoms with Gasteiger partial charge in [0.25, 0.3) is 0 Å². The van der Waals surface area contributed by atoms with Gasteiger partial charge in [-0.3, -0.25) is 9.69 Å². The molecular weight excluding hydrogens is 476 g/mol. The lowest BCUT2D eigenvalue weighted by atomic mass is 10.2. The Kier molecular flexibility index (Phi) is 7.00. The molecule has 0 N–H and O–H groups in total. The zero-order valence-corrected chi connectivity index (χ0v) is 19.3. The van der Waals surface area contributed by atoms with Gasteiger partial charge in [-0.15, -0.1) is 23.1 Å². The van der Waals surface area contributed by atoms with E-state index in [4.69, 9.17) is 4.98 Å². The van der Waals surface area contributed by atoms with Crippen molar-refractivity contribution in [3.8, 4) is 11.3 Å². The maximum atomic E-state index is 13.2. The number of hydrogen-bond donors (Lipinski definition) is 0. The first-order valence-electron chi connectivity index (χ1n) is 9.42. The highest BCUT2D eigenvalue weighted by Gasteiger charge is 2.20. The Bertz CT molecular complexity index is 1100. The van der Waals surface area contributed by atoms with Crippen LogP contribution in [0.2, 0.25) is 0 Å². The summed E-state index contributed by atoms with van der Waals surface area (Å²) < 4.78 is 1.03. The number of amides is 1. The van der Waals surface area contributed by atoms with Gasteiger partial charge in [-0.25, -0.2) is 4.98 Å². The molecule has 4 aromatic rings. The van der Waals surface area contributed by atoms with E-state index in [0.717, 1.165) is 31.3 Å². The molecule has 0 saturated heterocycles. The summed E-state index contributed by atoms with van der Waals surface area (Å²) in [6.07, 6.45) is 0. The number of nitrogens with zero attached hydrogens (tertiary/aromatic N) is 2. The van der Waals surface area contributed by atoms with Crippen molar-refractivity contribution in [3.63, 3.8) is 0 Å². The molecule has 30 heavy (non-hydrogen) atoms. The van der Waals surface area contributed by atoms with Crippen molar-refractivity contribution in [1.82, 2.24) is 4.98 Å². The largest absolute Gasteiger partial charge is 0.283 e. The van der Waals surface area contributed by atoms with Gasteiger partial charge in [0.1, 0.15) is 0 Å². The molecule has 0 aliphatic rings. The van der Waals surface area contributed by atoms with E-state index in [2.05, 4.69) is 15.9 Å². The number of hydrogen-bond acceptors (Lipinski definition) is 4. The first kappa shape index (κ1) is 20.8. The van der Waals surface area contributed by atoms with Crippen molar-refractivity contribution in [2.45, 2.75) is 11.4 Å². The summed E-state index contributed by atoms with van der Waals surface area (Å²) in [5, 5.41) is 2.73. The standard InChI is InChI=1S/C24H19BrN2OS2/c25-20-13-11-19(12-14-20)22-16-30-24(26-22)27(15-18-7-3-1-4-8-18)23(28)17-29-21-9-5-2-6-10-21/h1-14,16H,15,17H2. The highest BCUT2D eigenvalue weighted by atomic mass is 79.9. The molecule has 1 amide bonds. The molecule has 1 heterocycles. The number of benzene rings is 3. The van der Waals surface area contributed by atoms with E-state index in [0.29, 0.717) is 12.3 Å². The summed E-state index contributed by atoms with van der Waals surface area (Å²) in [7, 11) is 0. The lowest BCUT2D eigenvalue weighted by Crippen LogP contribution is -2.31. The number of thiazole rings is 1. The Hall–Kier alpha value is -2.41. The van der Waals surface area contributed by atoms with Crippen molar-refractivity contribution in [2.75, 3.05) is 10.7 Å². The highest BCUT2D eigenvalue weighted by Crippen LogP contribution is 2.30. The number of carbonyl (C=O) groups excluding carboxylic acids is 1. The maximum Gasteiger partial charge on any atom is 0.239 e. The molecular formula is C24H19BrN2OS2. The molecule has 1 aromatic heterocycles. The van der Waals surface area contributed by atoms with Crippen LogP contribution in [0, 0.1) is 0 Å². The number of thioether (sulfide) groups is 1. The van der Waals surface area contributed by atoms with Gasteiger partial charge in [0, 0.05) is 20.3 Å². The van der Waals surface area contributed by atoms with Gasteiger partial charge in [-0.1, -0.05) is 76.6 Å². The average molecular weight is 495 g/mol. The van der Waals surface area contributed by atoms with E-state index in [-0.39, 0.29) is 5.91 Å². The van der Waals surface area contributed by atoms with Crippen LogP contribution in [0.25, 0.3) is 11.3 Å². The molecule has 0 aliphatic heterocycles. The summed E-state index contributed by atoms with van der Waals surface area (Å²) in [6, 6.07) is 28.1. The lowest BCUT2D eigenvalue weighted by Gasteiger charge is -2.20. The highest BCUT2D eigenvalue weighted by molar-refractivity contribution is 9.10.